The van der Waals surface area contributed by atoms with Crippen LogP contribution in [0.1, 0.15) is 19.3 Å². The SMILES string of the molecule is O=C(O)C1CN=C(C2CCC2)N1. The summed E-state index contributed by atoms with van der Waals surface area (Å²) in [5.74, 6) is 0.649. The minimum Gasteiger partial charge on any atom is -0.480 e. The van der Waals surface area contributed by atoms with Gasteiger partial charge in [0, 0.05) is 5.92 Å². The van der Waals surface area contributed by atoms with Crippen LogP contribution >= 0.6 is 0 Å². The summed E-state index contributed by atoms with van der Waals surface area (Å²) >= 11 is 0. The van der Waals surface area contributed by atoms with Gasteiger partial charge >= 0.3 is 5.97 Å². The number of carbonyl (C=O) groups is 1. The van der Waals surface area contributed by atoms with Crippen LogP contribution in [-0.2, 0) is 4.79 Å². The van der Waals surface area contributed by atoms with Crippen molar-refractivity contribution in [2.75, 3.05) is 6.54 Å². The summed E-state index contributed by atoms with van der Waals surface area (Å²) in [4.78, 5) is 14.7. The molecule has 2 N–H and O–H groups in total. The number of carboxylic acid groups (broad SMARTS) is 1. The first kappa shape index (κ1) is 7.58. The Morgan fingerprint density at radius 3 is 2.75 bits per heavy atom. The van der Waals surface area contributed by atoms with E-state index in [0.717, 1.165) is 18.7 Å². The molecule has 1 atom stereocenters. The lowest BCUT2D eigenvalue weighted by atomic mass is 9.84. The summed E-state index contributed by atoms with van der Waals surface area (Å²) in [7, 11) is 0. The number of hydrogen-bond donors (Lipinski definition) is 2. The zero-order valence-electron chi connectivity index (χ0n) is 6.79. The van der Waals surface area contributed by atoms with Crippen LogP contribution < -0.4 is 5.32 Å². The average Bonchev–Trinajstić information content (AvgIpc) is 2.32. The minimum absolute atomic E-state index is 0.404. The molecule has 0 aromatic rings. The Labute approximate surface area is 70.7 Å². The predicted octanol–water partition coefficient (Wildman–Crippen LogP) is 0.241. The number of hydrogen-bond acceptors (Lipinski definition) is 3. The first-order valence-corrected chi connectivity index (χ1v) is 4.31. The summed E-state index contributed by atoms with van der Waals surface area (Å²) < 4.78 is 0. The van der Waals surface area contributed by atoms with Gasteiger partial charge in [-0.2, -0.15) is 0 Å². The van der Waals surface area contributed by atoms with Crippen molar-refractivity contribution in [3.05, 3.63) is 0 Å². The summed E-state index contributed by atoms with van der Waals surface area (Å²) in [5, 5.41) is 11.6. The van der Waals surface area contributed by atoms with Gasteiger partial charge in [0.1, 0.15) is 11.9 Å². The van der Waals surface area contributed by atoms with E-state index in [1.165, 1.54) is 6.42 Å². The molecule has 2 rings (SSSR count). The van der Waals surface area contributed by atoms with Gasteiger partial charge in [-0.15, -0.1) is 0 Å². The monoisotopic (exact) mass is 168 g/mol. The van der Waals surface area contributed by atoms with Crippen molar-refractivity contribution in [2.45, 2.75) is 25.3 Å². The first-order chi connectivity index (χ1) is 5.77. The molecule has 0 radical (unpaired) electrons. The molecule has 1 saturated carbocycles. The van der Waals surface area contributed by atoms with E-state index in [9.17, 15) is 4.79 Å². The van der Waals surface area contributed by atoms with E-state index < -0.39 is 12.0 Å². The first-order valence-electron chi connectivity index (χ1n) is 4.31. The van der Waals surface area contributed by atoms with Gasteiger partial charge in [0.15, 0.2) is 0 Å². The Hall–Kier alpha value is -1.06. The van der Waals surface area contributed by atoms with E-state index in [-0.39, 0.29) is 0 Å². The van der Waals surface area contributed by atoms with Crippen molar-refractivity contribution in [1.29, 1.82) is 0 Å². The number of aliphatic imine (C=N–C) groups is 1. The molecule has 12 heavy (non-hydrogen) atoms. The number of amidine groups is 1. The van der Waals surface area contributed by atoms with Gasteiger partial charge in [-0.25, -0.2) is 4.79 Å². The van der Waals surface area contributed by atoms with Crippen molar-refractivity contribution in [3.63, 3.8) is 0 Å². The van der Waals surface area contributed by atoms with Gasteiger partial charge in [-0.3, -0.25) is 4.99 Å². The molecule has 1 fully saturated rings. The van der Waals surface area contributed by atoms with Gasteiger partial charge in [0.2, 0.25) is 0 Å². The molecule has 0 aromatic heterocycles. The van der Waals surface area contributed by atoms with Crippen molar-refractivity contribution < 1.29 is 9.90 Å². The number of nitrogens with zero attached hydrogens (tertiary/aromatic N) is 1. The summed E-state index contributed by atoms with van der Waals surface area (Å²) in [6, 6.07) is -0.472. The van der Waals surface area contributed by atoms with E-state index in [1.807, 2.05) is 0 Å². The van der Waals surface area contributed by atoms with Crippen LogP contribution in [0, 0.1) is 5.92 Å². The Kier molecular flexibility index (Phi) is 1.75. The second-order valence-corrected chi connectivity index (χ2v) is 3.39. The zero-order chi connectivity index (χ0) is 8.55. The van der Waals surface area contributed by atoms with Crippen molar-refractivity contribution >= 4 is 11.8 Å². The van der Waals surface area contributed by atoms with Crippen molar-refractivity contribution in [2.24, 2.45) is 10.9 Å². The van der Waals surface area contributed by atoms with Crippen LogP contribution in [0.15, 0.2) is 4.99 Å². The van der Waals surface area contributed by atoms with Crippen molar-refractivity contribution in [1.82, 2.24) is 5.32 Å². The molecule has 1 unspecified atom stereocenters. The van der Waals surface area contributed by atoms with E-state index >= 15 is 0 Å². The van der Waals surface area contributed by atoms with Crippen molar-refractivity contribution in [3.8, 4) is 0 Å². The lowest BCUT2D eigenvalue weighted by Gasteiger charge is -2.25. The largest absolute Gasteiger partial charge is 0.480 e. The third-order valence-electron chi connectivity index (χ3n) is 2.56. The fourth-order valence-electron chi connectivity index (χ4n) is 1.53. The minimum atomic E-state index is -0.798. The molecule has 1 aliphatic heterocycles. The fraction of sp³-hybridized carbons (Fsp3) is 0.750. The molecule has 4 heteroatoms. The van der Waals surface area contributed by atoms with Crippen LogP contribution in [0.25, 0.3) is 0 Å². The van der Waals surface area contributed by atoms with E-state index in [4.69, 9.17) is 5.11 Å². The number of carboxylic acids is 1. The number of nitrogens with one attached hydrogen (secondary N) is 1. The lowest BCUT2D eigenvalue weighted by molar-refractivity contribution is -0.138. The number of aliphatic carboxylic acids is 1. The molecule has 0 spiro atoms. The second-order valence-electron chi connectivity index (χ2n) is 3.39. The van der Waals surface area contributed by atoms with Crippen LogP contribution in [0.4, 0.5) is 0 Å². The molecular weight excluding hydrogens is 156 g/mol. The third-order valence-corrected chi connectivity index (χ3v) is 2.56. The quantitative estimate of drug-likeness (QED) is 0.621. The van der Waals surface area contributed by atoms with Gasteiger partial charge in [-0.1, -0.05) is 6.42 Å². The number of rotatable bonds is 2. The highest BCUT2D eigenvalue weighted by molar-refractivity contribution is 5.92. The Bertz CT molecular complexity index is 233. The summed E-state index contributed by atoms with van der Waals surface area (Å²) in [5.41, 5.74) is 0. The molecule has 0 saturated heterocycles. The molecule has 2 aliphatic rings. The Balaban J connectivity index is 1.91. The Morgan fingerprint density at radius 2 is 2.33 bits per heavy atom. The fourth-order valence-corrected chi connectivity index (χ4v) is 1.53. The lowest BCUT2D eigenvalue weighted by Crippen LogP contribution is -2.41. The van der Waals surface area contributed by atoms with E-state index in [2.05, 4.69) is 10.3 Å². The molecular formula is C8H12N2O2. The summed E-state index contributed by atoms with van der Waals surface area (Å²) in [6.45, 7) is 0.404. The van der Waals surface area contributed by atoms with Gasteiger partial charge < -0.3 is 10.4 Å². The second kappa shape index (κ2) is 2.77. The van der Waals surface area contributed by atoms with Gasteiger partial charge in [0.05, 0.1) is 6.54 Å². The molecule has 4 nitrogen and oxygen atoms in total. The maximum Gasteiger partial charge on any atom is 0.328 e. The highest BCUT2D eigenvalue weighted by Gasteiger charge is 2.31. The van der Waals surface area contributed by atoms with Gasteiger partial charge in [-0.05, 0) is 12.8 Å². The highest BCUT2D eigenvalue weighted by Crippen LogP contribution is 2.28. The van der Waals surface area contributed by atoms with Crippen LogP contribution in [-0.4, -0.2) is 29.5 Å². The highest BCUT2D eigenvalue weighted by atomic mass is 16.4. The maximum atomic E-state index is 10.5. The third kappa shape index (κ3) is 1.17. The van der Waals surface area contributed by atoms with Crippen LogP contribution in [0.3, 0.4) is 0 Å². The molecule has 1 aliphatic carbocycles. The average molecular weight is 168 g/mol. The molecule has 0 aromatic carbocycles. The molecule has 66 valence electrons. The topological polar surface area (TPSA) is 61.7 Å². The standard InChI is InChI=1S/C8H12N2O2/c11-8(12)6-4-9-7(10-6)5-2-1-3-5/h5-6H,1-4H2,(H,9,10)(H,11,12). The molecule has 0 bridgehead atoms. The zero-order valence-corrected chi connectivity index (χ0v) is 6.79. The predicted molar refractivity (Wildman–Crippen MR) is 44.2 cm³/mol. The van der Waals surface area contributed by atoms with Crippen LogP contribution in [0.5, 0.6) is 0 Å². The van der Waals surface area contributed by atoms with Gasteiger partial charge in [0.25, 0.3) is 0 Å². The summed E-state index contributed by atoms with van der Waals surface area (Å²) in [6.07, 6.45) is 3.58. The van der Waals surface area contributed by atoms with E-state index in [0.29, 0.717) is 12.5 Å². The maximum absolute atomic E-state index is 10.5. The molecule has 1 heterocycles. The normalized spacial score (nSPS) is 29.0. The Morgan fingerprint density at radius 1 is 1.58 bits per heavy atom. The smallest absolute Gasteiger partial charge is 0.328 e. The molecule has 0 amide bonds. The van der Waals surface area contributed by atoms with E-state index in [1.54, 1.807) is 0 Å². The van der Waals surface area contributed by atoms with Crippen LogP contribution in [0.2, 0.25) is 0 Å².